The van der Waals surface area contributed by atoms with Gasteiger partial charge in [0.15, 0.2) is 0 Å². The number of nitrogens with one attached hydrogen (secondary N) is 1. The average molecular weight is 406 g/mol. The van der Waals surface area contributed by atoms with Crippen molar-refractivity contribution < 1.29 is 5.11 Å². The summed E-state index contributed by atoms with van der Waals surface area (Å²) < 4.78 is 1.51. The number of hydrogen-bond acceptors (Lipinski definition) is 3. The summed E-state index contributed by atoms with van der Waals surface area (Å²) in [6.07, 6.45) is 1.13. The first kappa shape index (κ1) is 16.3. The first-order valence-corrected chi connectivity index (χ1v) is 8.70. The van der Waals surface area contributed by atoms with Gasteiger partial charge in [0.1, 0.15) is 5.75 Å². The molecule has 1 aliphatic heterocycles. The molecular formula is C15H22Br2N2O. The number of halogens is 2. The number of phenols is 1. The highest BCUT2D eigenvalue weighted by atomic mass is 79.9. The van der Waals surface area contributed by atoms with E-state index < -0.39 is 0 Å². The second kappa shape index (κ2) is 7.25. The van der Waals surface area contributed by atoms with Gasteiger partial charge in [0, 0.05) is 32.2 Å². The van der Waals surface area contributed by atoms with E-state index in [2.05, 4.69) is 68.1 Å². The fraction of sp³-hybridized carbons (Fsp3) is 0.600. The van der Waals surface area contributed by atoms with E-state index in [1.807, 2.05) is 0 Å². The predicted octanol–water partition coefficient (Wildman–Crippen LogP) is 3.91. The van der Waals surface area contributed by atoms with Crippen LogP contribution in [-0.2, 0) is 0 Å². The van der Waals surface area contributed by atoms with Gasteiger partial charge in [-0.15, -0.1) is 0 Å². The molecule has 0 spiro atoms. The summed E-state index contributed by atoms with van der Waals surface area (Å²) in [6.45, 7) is 8.78. The fourth-order valence-corrected chi connectivity index (χ4v) is 3.94. The van der Waals surface area contributed by atoms with Crippen molar-refractivity contribution >= 4 is 31.9 Å². The van der Waals surface area contributed by atoms with Gasteiger partial charge < -0.3 is 10.4 Å². The highest BCUT2D eigenvalue weighted by Crippen LogP contribution is 2.38. The second-order valence-corrected chi connectivity index (χ2v) is 7.47. The van der Waals surface area contributed by atoms with Crippen molar-refractivity contribution in [2.45, 2.75) is 26.3 Å². The SMILES string of the molecule is CC(C)C[C@@H](c1cc(Br)c(O)c(Br)c1)N1CCNCC1. The highest BCUT2D eigenvalue weighted by Gasteiger charge is 2.24. The highest BCUT2D eigenvalue weighted by molar-refractivity contribution is 9.11. The molecular weight excluding hydrogens is 384 g/mol. The quantitative estimate of drug-likeness (QED) is 0.796. The molecule has 0 bridgehead atoms. The Morgan fingerprint density at radius 2 is 1.75 bits per heavy atom. The molecule has 1 atom stereocenters. The van der Waals surface area contributed by atoms with Crippen LogP contribution in [0.15, 0.2) is 21.1 Å². The second-order valence-electron chi connectivity index (χ2n) is 5.76. The summed E-state index contributed by atoms with van der Waals surface area (Å²) in [5, 5.41) is 13.3. The zero-order chi connectivity index (χ0) is 14.7. The minimum absolute atomic E-state index is 0.275. The smallest absolute Gasteiger partial charge is 0.143 e. The number of nitrogens with zero attached hydrogens (tertiary/aromatic N) is 1. The Labute approximate surface area is 138 Å². The molecule has 1 saturated heterocycles. The van der Waals surface area contributed by atoms with Crippen LogP contribution in [0.4, 0.5) is 0 Å². The number of aromatic hydroxyl groups is 1. The Morgan fingerprint density at radius 1 is 1.20 bits per heavy atom. The third-order valence-corrected chi connectivity index (χ3v) is 4.92. The van der Waals surface area contributed by atoms with E-state index in [1.54, 1.807) is 0 Å². The van der Waals surface area contributed by atoms with E-state index in [9.17, 15) is 5.11 Å². The summed E-state index contributed by atoms with van der Waals surface area (Å²) in [4.78, 5) is 2.54. The molecule has 1 aromatic rings. The zero-order valence-electron chi connectivity index (χ0n) is 12.0. The van der Waals surface area contributed by atoms with E-state index in [0.29, 0.717) is 12.0 Å². The molecule has 0 saturated carbocycles. The maximum Gasteiger partial charge on any atom is 0.143 e. The van der Waals surface area contributed by atoms with E-state index in [4.69, 9.17) is 0 Å². The van der Waals surface area contributed by atoms with E-state index in [-0.39, 0.29) is 5.75 Å². The van der Waals surface area contributed by atoms with Crippen molar-refractivity contribution in [2.24, 2.45) is 5.92 Å². The third kappa shape index (κ3) is 3.97. The molecule has 1 heterocycles. The van der Waals surface area contributed by atoms with Crippen molar-refractivity contribution in [1.82, 2.24) is 10.2 Å². The summed E-state index contributed by atoms with van der Waals surface area (Å²) >= 11 is 6.89. The maximum absolute atomic E-state index is 9.89. The van der Waals surface area contributed by atoms with Crippen molar-refractivity contribution in [3.8, 4) is 5.75 Å². The van der Waals surface area contributed by atoms with Gasteiger partial charge in [-0.1, -0.05) is 13.8 Å². The third-order valence-electron chi connectivity index (χ3n) is 3.71. The number of piperazine rings is 1. The van der Waals surface area contributed by atoms with Gasteiger partial charge in [-0.3, -0.25) is 4.90 Å². The summed E-state index contributed by atoms with van der Waals surface area (Å²) in [7, 11) is 0. The fourth-order valence-electron chi connectivity index (χ4n) is 2.71. The molecule has 0 aliphatic carbocycles. The van der Waals surface area contributed by atoms with E-state index in [1.165, 1.54) is 5.56 Å². The molecule has 0 amide bonds. The topological polar surface area (TPSA) is 35.5 Å². The van der Waals surface area contributed by atoms with Crippen molar-refractivity contribution in [2.75, 3.05) is 26.2 Å². The molecule has 2 N–H and O–H groups in total. The molecule has 2 rings (SSSR count). The minimum Gasteiger partial charge on any atom is -0.506 e. The molecule has 5 heteroatoms. The van der Waals surface area contributed by atoms with Gasteiger partial charge in [0.25, 0.3) is 0 Å². The lowest BCUT2D eigenvalue weighted by Crippen LogP contribution is -2.45. The Bertz CT molecular complexity index is 436. The van der Waals surface area contributed by atoms with Crippen LogP contribution in [0.2, 0.25) is 0 Å². The lowest BCUT2D eigenvalue weighted by atomic mass is 9.95. The molecule has 0 radical (unpaired) electrons. The van der Waals surface area contributed by atoms with Gasteiger partial charge in [-0.25, -0.2) is 0 Å². The van der Waals surface area contributed by atoms with Crippen molar-refractivity contribution in [1.29, 1.82) is 0 Å². The molecule has 1 aliphatic rings. The monoisotopic (exact) mass is 404 g/mol. The Balaban J connectivity index is 2.30. The predicted molar refractivity (Wildman–Crippen MR) is 90.1 cm³/mol. The summed E-state index contributed by atoms with van der Waals surface area (Å²) in [6, 6.07) is 4.51. The number of phenolic OH excluding ortho intramolecular Hbond substituents is 1. The van der Waals surface area contributed by atoms with Crippen LogP contribution in [0.3, 0.4) is 0 Å². The Morgan fingerprint density at radius 3 is 2.25 bits per heavy atom. The van der Waals surface area contributed by atoms with Crippen LogP contribution in [0.1, 0.15) is 31.9 Å². The lowest BCUT2D eigenvalue weighted by molar-refractivity contribution is 0.154. The van der Waals surface area contributed by atoms with Crippen LogP contribution >= 0.6 is 31.9 Å². The number of hydrogen-bond donors (Lipinski definition) is 2. The summed E-state index contributed by atoms with van der Waals surface area (Å²) in [5.74, 6) is 0.915. The average Bonchev–Trinajstić information content (AvgIpc) is 2.42. The molecule has 0 unspecified atom stereocenters. The van der Waals surface area contributed by atoms with E-state index >= 15 is 0 Å². The lowest BCUT2D eigenvalue weighted by Gasteiger charge is -2.36. The van der Waals surface area contributed by atoms with Gasteiger partial charge in [-0.05, 0) is 61.9 Å². The van der Waals surface area contributed by atoms with Crippen LogP contribution in [-0.4, -0.2) is 36.2 Å². The first-order chi connectivity index (χ1) is 9.49. The molecule has 112 valence electrons. The molecule has 1 aromatic carbocycles. The molecule has 20 heavy (non-hydrogen) atoms. The largest absolute Gasteiger partial charge is 0.506 e. The van der Waals surface area contributed by atoms with Crippen LogP contribution in [0.25, 0.3) is 0 Å². The normalized spacial score (nSPS) is 18.4. The number of benzene rings is 1. The summed E-state index contributed by atoms with van der Waals surface area (Å²) in [5.41, 5.74) is 1.26. The molecule has 1 fully saturated rings. The van der Waals surface area contributed by atoms with E-state index in [0.717, 1.165) is 41.5 Å². The number of rotatable bonds is 4. The van der Waals surface area contributed by atoms with Gasteiger partial charge >= 0.3 is 0 Å². The molecule has 3 nitrogen and oxygen atoms in total. The maximum atomic E-state index is 9.89. The van der Waals surface area contributed by atoms with Crippen molar-refractivity contribution in [3.63, 3.8) is 0 Å². The zero-order valence-corrected chi connectivity index (χ0v) is 15.2. The van der Waals surface area contributed by atoms with Gasteiger partial charge in [0.05, 0.1) is 8.95 Å². The Hall–Kier alpha value is -0.100. The van der Waals surface area contributed by atoms with Crippen LogP contribution in [0.5, 0.6) is 5.75 Å². The van der Waals surface area contributed by atoms with Crippen LogP contribution < -0.4 is 5.32 Å². The minimum atomic E-state index is 0.275. The van der Waals surface area contributed by atoms with Gasteiger partial charge in [0.2, 0.25) is 0 Å². The molecule has 0 aromatic heterocycles. The standard InChI is InChI=1S/C15H22Br2N2O/c1-10(2)7-14(19-5-3-18-4-6-19)11-8-12(16)15(20)13(17)9-11/h8-10,14,18,20H,3-7H2,1-2H3/t14-/m0/s1. The van der Waals surface area contributed by atoms with Crippen LogP contribution in [0, 0.1) is 5.92 Å². The first-order valence-electron chi connectivity index (χ1n) is 7.11. The van der Waals surface area contributed by atoms with Gasteiger partial charge in [-0.2, -0.15) is 0 Å². The Kier molecular flexibility index (Phi) is 5.90. The van der Waals surface area contributed by atoms with Crippen molar-refractivity contribution in [3.05, 3.63) is 26.6 Å².